The maximum Gasteiger partial charge on any atom is 0.219 e. The fourth-order valence-corrected chi connectivity index (χ4v) is 2.07. The highest BCUT2D eigenvalue weighted by molar-refractivity contribution is 5.74. The zero-order chi connectivity index (χ0) is 11.0. The molecule has 0 bridgehead atoms. The van der Waals surface area contributed by atoms with Crippen LogP contribution in [0.2, 0.25) is 0 Å². The standard InChI is InChI=1S/C12H16N2O/c1-8-3-4-10-7-14(9(2)15)6-5-11(10)12(8)13/h3-4H,5-7,13H2,1-2H3. The molecule has 0 atom stereocenters. The minimum atomic E-state index is 0.139. The summed E-state index contributed by atoms with van der Waals surface area (Å²) in [5, 5.41) is 0. The van der Waals surface area contributed by atoms with Gasteiger partial charge in [-0.2, -0.15) is 0 Å². The van der Waals surface area contributed by atoms with Gasteiger partial charge in [0.05, 0.1) is 0 Å². The van der Waals surface area contributed by atoms with Gasteiger partial charge in [0.15, 0.2) is 0 Å². The maximum atomic E-state index is 11.3. The molecular weight excluding hydrogens is 188 g/mol. The lowest BCUT2D eigenvalue weighted by atomic mass is 9.95. The third kappa shape index (κ3) is 1.69. The topological polar surface area (TPSA) is 46.3 Å². The summed E-state index contributed by atoms with van der Waals surface area (Å²) in [6.07, 6.45) is 0.877. The number of nitrogens with two attached hydrogens (primary N) is 1. The molecule has 3 heteroatoms. The second kappa shape index (κ2) is 3.57. The molecule has 3 nitrogen and oxygen atoms in total. The number of amides is 1. The maximum absolute atomic E-state index is 11.3. The number of hydrogen-bond acceptors (Lipinski definition) is 2. The number of benzene rings is 1. The molecule has 2 N–H and O–H groups in total. The summed E-state index contributed by atoms with van der Waals surface area (Å²) in [4.78, 5) is 13.1. The lowest BCUT2D eigenvalue weighted by Crippen LogP contribution is -2.34. The highest BCUT2D eigenvalue weighted by Crippen LogP contribution is 2.26. The van der Waals surface area contributed by atoms with Crippen molar-refractivity contribution in [2.45, 2.75) is 26.8 Å². The Kier molecular flexibility index (Phi) is 2.39. The van der Waals surface area contributed by atoms with Crippen LogP contribution in [-0.4, -0.2) is 17.4 Å². The van der Waals surface area contributed by atoms with Crippen LogP contribution in [-0.2, 0) is 17.8 Å². The Morgan fingerprint density at radius 1 is 1.47 bits per heavy atom. The Bertz CT molecular complexity index is 412. The molecule has 0 saturated carbocycles. The summed E-state index contributed by atoms with van der Waals surface area (Å²) >= 11 is 0. The van der Waals surface area contributed by atoms with Crippen LogP contribution in [0, 0.1) is 6.92 Å². The molecule has 1 aromatic carbocycles. The van der Waals surface area contributed by atoms with Gasteiger partial charge in [-0.3, -0.25) is 4.79 Å². The van der Waals surface area contributed by atoms with Crippen molar-refractivity contribution in [1.82, 2.24) is 4.90 Å². The summed E-state index contributed by atoms with van der Waals surface area (Å²) in [6, 6.07) is 4.11. The van der Waals surface area contributed by atoms with E-state index < -0.39 is 0 Å². The van der Waals surface area contributed by atoms with Crippen LogP contribution < -0.4 is 5.73 Å². The Morgan fingerprint density at radius 2 is 2.20 bits per heavy atom. The quantitative estimate of drug-likeness (QED) is 0.651. The smallest absolute Gasteiger partial charge is 0.219 e. The highest BCUT2D eigenvalue weighted by atomic mass is 16.2. The first kappa shape index (κ1) is 10.0. The Labute approximate surface area is 89.9 Å². The minimum absolute atomic E-state index is 0.139. The molecule has 1 aliphatic heterocycles. The Balaban J connectivity index is 2.36. The van der Waals surface area contributed by atoms with Gasteiger partial charge in [-0.1, -0.05) is 12.1 Å². The van der Waals surface area contributed by atoms with Crippen molar-refractivity contribution in [2.75, 3.05) is 12.3 Å². The first-order chi connectivity index (χ1) is 7.09. The molecular formula is C12H16N2O. The number of rotatable bonds is 0. The molecule has 1 amide bonds. The second-order valence-corrected chi connectivity index (χ2v) is 4.12. The highest BCUT2D eigenvalue weighted by Gasteiger charge is 2.19. The van der Waals surface area contributed by atoms with Gasteiger partial charge in [0, 0.05) is 25.7 Å². The average Bonchev–Trinajstić information content (AvgIpc) is 2.23. The van der Waals surface area contributed by atoms with Crippen LogP contribution in [0.15, 0.2) is 12.1 Å². The van der Waals surface area contributed by atoms with E-state index in [1.54, 1.807) is 6.92 Å². The first-order valence-corrected chi connectivity index (χ1v) is 5.22. The van der Waals surface area contributed by atoms with Crippen LogP contribution in [0.1, 0.15) is 23.6 Å². The summed E-state index contributed by atoms with van der Waals surface area (Å²) in [5.41, 5.74) is 10.5. The molecule has 0 aliphatic carbocycles. The molecule has 2 rings (SSSR count). The molecule has 0 unspecified atom stereocenters. The molecule has 0 radical (unpaired) electrons. The van der Waals surface area contributed by atoms with E-state index in [0.29, 0.717) is 6.54 Å². The van der Waals surface area contributed by atoms with E-state index in [9.17, 15) is 4.79 Å². The van der Waals surface area contributed by atoms with Crippen LogP contribution in [0.4, 0.5) is 5.69 Å². The number of nitrogen functional groups attached to an aromatic ring is 1. The van der Waals surface area contributed by atoms with Crippen LogP contribution in [0.5, 0.6) is 0 Å². The summed E-state index contributed by atoms with van der Waals surface area (Å²) < 4.78 is 0. The van der Waals surface area contributed by atoms with Gasteiger partial charge in [-0.25, -0.2) is 0 Å². The first-order valence-electron chi connectivity index (χ1n) is 5.22. The van der Waals surface area contributed by atoms with Crippen molar-refractivity contribution < 1.29 is 4.79 Å². The van der Waals surface area contributed by atoms with Gasteiger partial charge in [-0.15, -0.1) is 0 Å². The second-order valence-electron chi connectivity index (χ2n) is 4.12. The van der Waals surface area contributed by atoms with Gasteiger partial charge in [-0.05, 0) is 30.0 Å². The molecule has 1 aromatic rings. The summed E-state index contributed by atoms with van der Waals surface area (Å²) in [5.74, 6) is 0.139. The molecule has 0 aromatic heterocycles. The van der Waals surface area contributed by atoms with E-state index in [2.05, 4.69) is 6.07 Å². The molecule has 0 saturated heterocycles. The molecule has 0 spiro atoms. The predicted molar refractivity (Wildman–Crippen MR) is 60.4 cm³/mol. The van der Waals surface area contributed by atoms with E-state index >= 15 is 0 Å². The predicted octanol–water partition coefficient (Wildman–Crippen LogP) is 1.48. The lowest BCUT2D eigenvalue weighted by molar-refractivity contribution is -0.129. The molecule has 1 heterocycles. The van der Waals surface area contributed by atoms with Crippen molar-refractivity contribution in [1.29, 1.82) is 0 Å². The molecule has 15 heavy (non-hydrogen) atoms. The monoisotopic (exact) mass is 204 g/mol. The van der Waals surface area contributed by atoms with Crippen molar-refractivity contribution in [3.05, 3.63) is 28.8 Å². The van der Waals surface area contributed by atoms with Crippen LogP contribution >= 0.6 is 0 Å². The fraction of sp³-hybridized carbons (Fsp3) is 0.417. The van der Waals surface area contributed by atoms with Gasteiger partial charge in [0.2, 0.25) is 5.91 Å². The van der Waals surface area contributed by atoms with E-state index in [1.165, 1.54) is 11.1 Å². The van der Waals surface area contributed by atoms with Crippen molar-refractivity contribution in [3.8, 4) is 0 Å². The molecule has 1 aliphatic rings. The van der Waals surface area contributed by atoms with E-state index in [-0.39, 0.29) is 5.91 Å². The number of nitrogens with zero attached hydrogens (tertiary/aromatic N) is 1. The molecule has 0 fully saturated rings. The van der Waals surface area contributed by atoms with Gasteiger partial charge in [0.25, 0.3) is 0 Å². The van der Waals surface area contributed by atoms with E-state index in [1.807, 2.05) is 17.9 Å². The fourth-order valence-electron chi connectivity index (χ4n) is 2.07. The van der Waals surface area contributed by atoms with Crippen molar-refractivity contribution >= 4 is 11.6 Å². The number of aryl methyl sites for hydroxylation is 1. The van der Waals surface area contributed by atoms with Gasteiger partial charge in [0.1, 0.15) is 0 Å². The van der Waals surface area contributed by atoms with Crippen molar-refractivity contribution in [2.24, 2.45) is 0 Å². The van der Waals surface area contributed by atoms with Gasteiger partial charge >= 0.3 is 0 Å². The van der Waals surface area contributed by atoms with Crippen molar-refractivity contribution in [3.63, 3.8) is 0 Å². The molecule has 80 valence electrons. The Morgan fingerprint density at radius 3 is 2.87 bits per heavy atom. The average molecular weight is 204 g/mol. The van der Waals surface area contributed by atoms with E-state index in [4.69, 9.17) is 5.73 Å². The largest absolute Gasteiger partial charge is 0.398 e. The number of hydrogen-bond donors (Lipinski definition) is 1. The normalized spacial score (nSPS) is 14.9. The number of carbonyl (C=O) groups excluding carboxylic acids is 1. The minimum Gasteiger partial charge on any atom is -0.398 e. The number of fused-ring (bicyclic) bond motifs is 1. The third-order valence-electron chi connectivity index (χ3n) is 3.11. The van der Waals surface area contributed by atoms with E-state index in [0.717, 1.165) is 24.2 Å². The lowest BCUT2D eigenvalue weighted by Gasteiger charge is -2.29. The van der Waals surface area contributed by atoms with Gasteiger partial charge < -0.3 is 10.6 Å². The zero-order valence-corrected chi connectivity index (χ0v) is 9.21. The third-order valence-corrected chi connectivity index (χ3v) is 3.11. The van der Waals surface area contributed by atoms with Crippen LogP contribution in [0.25, 0.3) is 0 Å². The van der Waals surface area contributed by atoms with Crippen LogP contribution in [0.3, 0.4) is 0 Å². The number of anilines is 1. The summed E-state index contributed by atoms with van der Waals surface area (Å²) in [7, 11) is 0. The summed E-state index contributed by atoms with van der Waals surface area (Å²) in [6.45, 7) is 5.13. The zero-order valence-electron chi connectivity index (χ0n) is 9.21. The number of carbonyl (C=O) groups is 1. The SMILES string of the molecule is CC(=O)N1CCc2c(ccc(C)c2N)C1. The Hall–Kier alpha value is -1.51.